The molecule has 1 aliphatic rings. The van der Waals surface area contributed by atoms with Gasteiger partial charge >= 0.3 is 0 Å². The van der Waals surface area contributed by atoms with Crippen LogP contribution in [0.15, 0.2) is 47.4 Å². The summed E-state index contributed by atoms with van der Waals surface area (Å²) in [6.07, 6.45) is 1.76. The molecule has 11 heteroatoms. The number of sulfonamides is 1. The molecule has 1 aromatic heterocycles. The number of hydrogen-bond acceptors (Lipinski definition) is 6. The summed E-state index contributed by atoms with van der Waals surface area (Å²) in [5.41, 5.74) is 2.62. The number of amides is 2. The van der Waals surface area contributed by atoms with Crippen molar-refractivity contribution in [3.05, 3.63) is 42.5 Å². The first-order chi connectivity index (χ1) is 16.7. The molecule has 1 atom stereocenters. The molecule has 0 unspecified atom stereocenters. The van der Waals surface area contributed by atoms with Crippen LogP contribution >= 0.6 is 0 Å². The second-order valence-electron chi connectivity index (χ2n) is 8.87. The Morgan fingerprint density at radius 1 is 1.06 bits per heavy atom. The quantitative estimate of drug-likeness (QED) is 0.514. The van der Waals surface area contributed by atoms with Crippen molar-refractivity contribution >= 4 is 44.2 Å². The average Bonchev–Trinajstić information content (AvgIpc) is 3.28. The Morgan fingerprint density at radius 3 is 2.29 bits per heavy atom. The number of carbonyl (C=O) groups is 2. The van der Waals surface area contributed by atoms with Crippen molar-refractivity contribution in [1.82, 2.24) is 19.3 Å². The summed E-state index contributed by atoms with van der Waals surface area (Å²) in [6.45, 7) is 6.06. The Kier molecular flexibility index (Phi) is 7.18. The summed E-state index contributed by atoms with van der Waals surface area (Å²) in [4.78, 5) is 24.0. The molecule has 2 aromatic carbocycles. The molecule has 0 radical (unpaired) electrons. The van der Waals surface area contributed by atoms with Crippen molar-refractivity contribution in [2.24, 2.45) is 5.92 Å². The van der Waals surface area contributed by atoms with E-state index in [0.717, 1.165) is 11.9 Å². The summed E-state index contributed by atoms with van der Waals surface area (Å²) >= 11 is 0. The second kappa shape index (κ2) is 10.1. The number of anilines is 2. The molecule has 4 rings (SSSR count). The van der Waals surface area contributed by atoms with Crippen molar-refractivity contribution in [3.63, 3.8) is 0 Å². The maximum Gasteiger partial charge on any atom is 0.243 e. The van der Waals surface area contributed by atoms with Crippen LogP contribution in [0, 0.1) is 5.92 Å². The van der Waals surface area contributed by atoms with Gasteiger partial charge in [0, 0.05) is 37.3 Å². The molecule has 1 fully saturated rings. The number of benzene rings is 2. The number of fused-ring (bicyclic) bond motifs is 1. The summed E-state index contributed by atoms with van der Waals surface area (Å²) in [5, 5.41) is 13.9. The van der Waals surface area contributed by atoms with Gasteiger partial charge in [-0.2, -0.15) is 4.31 Å². The molecule has 2 amide bonds. The Labute approximate surface area is 204 Å². The maximum atomic E-state index is 13.2. The van der Waals surface area contributed by atoms with Gasteiger partial charge in [0.2, 0.25) is 21.8 Å². The molecule has 0 spiro atoms. The fourth-order valence-electron chi connectivity index (χ4n) is 4.17. The third kappa shape index (κ3) is 5.35. The molecule has 3 aromatic rings. The lowest BCUT2D eigenvalue weighted by Gasteiger charge is -2.30. The van der Waals surface area contributed by atoms with Gasteiger partial charge in [0.1, 0.15) is 5.52 Å². The Balaban J connectivity index is 1.38. The van der Waals surface area contributed by atoms with Gasteiger partial charge in [-0.25, -0.2) is 13.1 Å². The van der Waals surface area contributed by atoms with E-state index in [0.29, 0.717) is 29.7 Å². The van der Waals surface area contributed by atoms with E-state index in [-0.39, 0.29) is 41.8 Å². The molecule has 1 saturated heterocycles. The largest absolute Gasteiger partial charge is 0.326 e. The molecule has 0 aliphatic carbocycles. The predicted octanol–water partition coefficient (Wildman–Crippen LogP) is 3.40. The topological polar surface area (TPSA) is 126 Å². The van der Waals surface area contributed by atoms with Crippen molar-refractivity contribution in [1.29, 1.82) is 0 Å². The number of rotatable bonds is 7. The van der Waals surface area contributed by atoms with Gasteiger partial charge < -0.3 is 10.6 Å². The minimum absolute atomic E-state index is 0.141. The standard InChI is InChI=1S/C24H30N6O4S/c1-4-16(2)30-23-10-9-21(15-22(23)27-28-30)35(33,34)29-13-11-18(12-14-29)24(32)26-20-7-5-19(6-8-20)25-17(3)31/h5-10,15-16,18H,4,11-14H2,1-3H3,(H,25,31)(H,26,32)/t16-/m0/s1. The van der Waals surface area contributed by atoms with Crippen LogP contribution in [0.3, 0.4) is 0 Å². The van der Waals surface area contributed by atoms with Crippen LogP contribution in [0.1, 0.15) is 46.1 Å². The first-order valence-corrected chi connectivity index (χ1v) is 13.2. The summed E-state index contributed by atoms with van der Waals surface area (Å²) in [7, 11) is -3.70. The fraction of sp³-hybridized carbons (Fsp3) is 0.417. The van der Waals surface area contributed by atoms with Gasteiger partial charge in [-0.1, -0.05) is 12.1 Å². The van der Waals surface area contributed by atoms with Gasteiger partial charge in [-0.3, -0.25) is 9.59 Å². The minimum atomic E-state index is -3.70. The normalized spacial score (nSPS) is 16.2. The second-order valence-corrected chi connectivity index (χ2v) is 10.8. The molecule has 0 saturated carbocycles. The van der Waals surface area contributed by atoms with Gasteiger partial charge in [-0.05, 0) is 68.7 Å². The Bertz CT molecular complexity index is 1330. The molecule has 2 N–H and O–H groups in total. The number of aromatic nitrogens is 3. The maximum absolute atomic E-state index is 13.2. The lowest BCUT2D eigenvalue weighted by molar-refractivity contribution is -0.121. The minimum Gasteiger partial charge on any atom is -0.326 e. The smallest absolute Gasteiger partial charge is 0.243 e. The lowest BCUT2D eigenvalue weighted by Crippen LogP contribution is -2.41. The monoisotopic (exact) mass is 498 g/mol. The zero-order valence-electron chi connectivity index (χ0n) is 20.1. The molecule has 0 bridgehead atoms. The Morgan fingerprint density at radius 2 is 1.69 bits per heavy atom. The number of hydrogen-bond donors (Lipinski definition) is 2. The van der Waals surface area contributed by atoms with Crippen LogP contribution in [-0.4, -0.2) is 52.6 Å². The first-order valence-electron chi connectivity index (χ1n) is 11.7. The van der Waals surface area contributed by atoms with Crippen LogP contribution in [0.25, 0.3) is 11.0 Å². The third-order valence-electron chi connectivity index (χ3n) is 6.39. The van der Waals surface area contributed by atoms with E-state index in [1.807, 2.05) is 11.6 Å². The molecular formula is C24H30N6O4S. The van der Waals surface area contributed by atoms with Crippen molar-refractivity contribution in [3.8, 4) is 0 Å². The van der Waals surface area contributed by atoms with E-state index in [4.69, 9.17) is 0 Å². The fourth-order valence-corrected chi connectivity index (χ4v) is 5.66. The molecular weight excluding hydrogens is 468 g/mol. The van der Waals surface area contributed by atoms with Gasteiger partial charge in [-0.15, -0.1) is 5.10 Å². The third-order valence-corrected chi connectivity index (χ3v) is 8.28. The van der Waals surface area contributed by atoms with Crippen LogP contribution in [0.5, 0.6) is 0 Å². The first kappa shape index (κ1) is 24.8. The van der Waals surface area contributed by atoms with Crippen molar-refractivity contribution < 1.29 is 18.0 Å². The highest BCUT2D eigenvalue weighted by molar-refractivity contribution is 7.89. The van der Waals surface area contributed by atoms with Crippen LogP contribution < -0.4 is 10.6 Å². The zero-order chi connectivity index (χ0) is 25.2. The molecule has 10 nitrogen and oxygen atoms in total. The summed E-state index contributed by atoms with van der Waals surface area (Å²) < 4.78 is 29.7. The van der Waals surface area contributed by atoms with E-state index >= 15 is 0 Å². The Hall–Kier alpha value is -3.31. The average molecular weight is 499 g/mol. The van der Waals surface area contributed by atoms with E-state index in [2.05, 4.69) is 27.9 Å². The van der Waals surface area contributed by atoms with Gasteiger partial charge in [0.25, 0.3) is 0 Å². The van der Waals surface area contributed by atoms with E-state index in [1.54, 1.807) is 42.5 Å². The highest BCUT2D eigenvalue weighted by atomic mass is 32.2. The van der Waals surface area contributed by atoms with E-state index < -0.39 is 10.0 Å². The van der Waals surface area contributed by atoms with E-state index in [1.165, 1.54) is 11.2 Å². The highest BCUT2D eigenvalue weighted by Crippen LogP contribution is 2.27. The lowest BCUT2D eigenvalue weighted by atomic mass is 9.97. The molecule has 35 heavy (non-hydrogen) atoms. The van der Waals surface area contributed by atoms with Crippen LogP contribution in [0.4, 0.5) is 11.4 Å². The van der Waals surface area contributed by atoms with Crippen molar-refractivity contribution in [2.45, 2.75) is 51.0 Å². The zero-order valence-corrected chi connectivity index (χ0v) is 20.9. The van der Waals surface area contributed by atoms with E-state index in [9.17, 15) is 18.0 Å². The van der Waals surface area contributed by atoms with Gasteiger partial charge in [0.15, 0.2) is 0 Å². The van der Waals surface area contributed by atoms with Crippen molar-refractivity contribution in [2.75, 3.05) is 23.7 Å². The predicted molar refractivity (Wildman–Crippen MR) is 133 cm³/mol. The molecule has 186 valence electrons. The molecule has 1 aliphatic heterocycles. The highest BCUT2D eigenvalue weighted by Gasteiger charge is 2.32. The van der Waals surface area contributed by atoms with Gasteiger partial charge in [0.05, 0.1) is 16.5 Å². The number of nitrogens with one attached hydrogen (secondary N) is 2. The molecule has 2 heterocycles. The number of piperidine rings is 1. The SMILES string of the molecule is CC[C@H](C)n1nnc2cc(S(=O)(=O)N3CCC(C(=O)Nc4ccc(NC(C)=O)cc4)CC3)ccc21. The number of carbonyl (C=O) groups excluding carboxylic acids is 2. The van der Waals surface area contributed by atoms with Crippen LogP contribution in [0.2, 0.25) is 0 Å². The number of nitrogens with zero attached hydrogens (tertiary/aromatic N) is 4. The summed E-state index contributed by atoms with van der Waals surface area (Å²) in [6, 6.07) is 12.0. The summed E-state index contributed by atoms with van der Waals surface area (Å²) in [5.74, 6) is -0.590. The van der Waals surface area contributed by atoms with Crippen LogP contribution in [-0.2, 0) is 19.6 Å².